The molecule has 0 fully saturated rings. The number of aryl methyl sites for hydroxylation is 1. The molecule has 0 saturated carbocycles. The lowest BCUT2D eigenvalue weighted by atomic mass is 9.96. The molecule has 0 aliphatic heterocycles. The van der Waals surface area contributed by atoms with E-state index in [4.69, 9.17) is 0 Å². The summed E-state index contributed by atoms with van der Waals surface area (Å²) in [6, 6.07) is 4.44. The molecule has 2 nitrogen and oxygen atoms in total. The molecule has 2 heteroatoms. The first kappa shape index (κ1) is 15.2. The van der Waals surface area contributed by atoms with Crippen molar-refractivity contribution < 1.29 is 5.11 Å². The minimum Gasteiger partial charge on any atom is -0.394 e. The first-order valence-electron chi connectivity index (χ1n) is 6.67. The second-order valence-corrected chi connectivity index (χ2v) is 5.93. The molecule has 0 spiro atoms. The summed E-state index contributed by atoms with van der Waals surface area (Å²) in [4.78, 5) is 2.22. The fraction of sp³-hybridized carbons (Fsp3) is 0.625. The SMILES string of the molecule is Cc1ccc(CCN(C)C(C)(C)CO)c(C)c1C. The van der Waals surface area contributed by atoms with E-state index in [-0.39, 0.29) is 12.1 Å². The molecule has 0 amide bonds. The molecule has 0 aromatic heterocycles. The van der Waals surface area contributed by atoms with Crippen LogP contribution in [0, 0.1) is 20.8 Å². The van der Waals surface area contributed by atoms with Crippen LogP contribution in [-0.2, 0) is 6.42 Å². The summed E-state index contributed by atoms with van der Waals surface area (Å²) < 4.78 is 0. The summed E-state index contributed by atoms with van der Waals surface area (Å²) in [5.74, 6) is 0. The molecule has 18 heavy (non-hydrogen) atoms. The number of hydrogen-bond acceptors (Lipinski definition) is 2. The third kappa shape index (κ3) is 3.33. The molecule has 0 unspecified atom stereocenters. The van der Waals surface area contributed by atoms with E-state index in [1.807, 2.05) is 0 Å². The first-order valence-corrected chi connectivity index (χ1v) is 6.67. The largest absolute Gasteiger partial charge is 0.394 e. The van der Waals surface area contributed by atoms with Crippen molar-refractivity contribution in [3.8, 4) is 0 Å². The van der Waals surface area contributed by atoms with Crippen LogP contribution in [0.25, 0.3) is 0 Å². The summed E-state index contributed by atoms with van der Waals surface area (Å²) in [5, 5.41) is 9.36. The van der Waals surface area contributed by atoms with E-state index in [0.717, 1.165) is 13.0 Å². The Labute approximate surface area is 112 Å². The zero-order chi connectivity index (χ0) is 13.9. The molecule has 1 aromatic carbocycles. The average Bonchev–Trinajstić information content (AvgIpc) is 2.34. The van der Waals surface area contributed by atoms with E-state index in [9.17, 15) is 5.11 Å². The van der Waals surface area contributed by atoms with Gasteiger partial charge in [0.1, 0.15) is 0 Å². The van der Waals surface area contributed by atoms with E-state index >= 15 is 0 Å². The second kappa shape index (κ2) is 5.85. The molecule has 0 radical (unpaired) electrons. The maximum Gasteiger partial charge on any atom is 0.0609 e. The summed E-state index contributed by atoms with van der Waals surface area (Å²) in [6.07, 6.45) is 1.03. The Balaban J connectivity index is 2.73. The van der Waals surface area contributed by atoms with Crippen LogP contribution in [0.15, 0.2) is 12.1 Å². The van der Waals surface area contributed by atoms with Crippen molar-refractivity contribution >= 4 is 0 Å². The van der Waals surface area contributed by atoms with Crippen molar-refractivity contribution in [2.45, 2.75) is 46.6 Å². The molecule has 102 valence electrons. The molecule has 0 bridgehead atoms. The van der Waals surface area contributed by atoms with Crippen LogP contribution in [0.3, 0.4) is 0 Å². The topological polar surface area (TPSA) is 23.5 Å². The number of nitrogens with zero attached hydrogens (tertiary/aromatic N) is 1. The van der Waals surface area contributed by atoms with Gasteiger partial charge in [0.15, 0.2) is 0 Å². The Bertz CT molecular complexity index is 410. The lowest BCUT2D eigenvalue weighted by Gasteiger charge is -2.34. The summed E-state index contributed by atoms with van der Waals surface area (Å²) >= 11 is 0. The van der Waals surface area contributed by atoms with Crippen LogP contribution in [0.4, 0.5) is 0 Å². The predicted octanol–water partition coefficient (Wildman–Crippen LogP) is 2.86. The summed E-state index contributed by atoms with van der Waals surface area (Å²) in [7, 11) is 2.08. The van der Waals surface area contributed by atoms with Crippen LogP contribution in [0.1, 0.15) is 36.1 Å². The zero-order valence-electron chi connectivity index (χ0n) is 12.7. The van der Waals surface area contributed by atoms with Gasteiger partial charge in [-0.1, -0.05) is 12.1 Å². The van der Waals surface area contributed by atoms with Crippen LogP contribution in [0.5, 0.6) is 0 Å². The van der Waals surface area contributed by atoms with Gasteiger partial charge in [0.25, 0.3) is 0 Å². The number of benzene rings is 1. The Hall–Kier alpha value is -0.860. The summed E-state index contributed by atoms with van der Waals surface area (Å²) in [5.41, 5.74) is 5.44. The number of rotatable bonds is 5. The average molecular weight is 249 g/mol. The highest BCUT2D eigenvalue weighted by molar-refractivity contribution is 5.38. The molecule has 0 aliphatic carbocycles. The second-order valence-electron chi connectivity index (χ2n) is 5.93. The van der Waals surface area contributed by atoms with Crippen LogP contribution < -0.4 is 0 Å². The van der Waals surface area contributed by atoms with E-state index in [0.29, 0.717) is 0 Å². The van der Waals surface area contributed by atoms with E-state index in [1.54, 1.807) is 0 Å². The Morgan fingerprint density at radius 2 is 1.72 bits per heavy atom. The Morgan fingerprint density at radius 3 is 2.28 bits per heavy atom. The van der Waals surface area contributed by atoms with E-state index in [2.05, 4.69) is 58.7 Å². The highest BCUT2D eigenvalue weighted by atomic mass is 16.3. The number of hydrogen-bond donors (Lipinski definition) is 1. The minimum absolute atomic E-state index is 0.145. The van der Waals surface area contributed by atoms with Gasteiger partial charge >= 0.3 is 0 Å². The molecular weight excluding hydrogens is 222 g/mol. The predicted molar refractivity (Wildman–Crippen MR) is 78.2 cm³/mol. The molecule has 1 aromatic rings. The quantitative estimate of drug-likeness (QED) is 0.867. The van der Waals surface area contributed by atoms with Gasteiger partial charge in [0.05, 0.1) is 6.61 Å². The van der Waals surface area contributed by atoms with Crippen molar-refractivity contribution in [1.29, 1.82) is 0 Å². The van der Waals surface area contributed by atoms with Crippen molar-refractivity contribution in [3.63, 3.8) is 0 Å². The lowest BCUT2D eigenvalue weighted by Crippen LogP contribution is -2.45. The molecule has 0 saturated heterocycles. The number of likely N-dealkylation sites (N-methyl/N-ethyl adjacent to an activating group) is 1. The zero-order valence-corrected chi connectivity index (χ0v) is 12.7. The van der Waals surface area contributed by atoms with Crippen LogP contribution >= 0.6 is 0 Å². The smallest absolute Gasteiger partial charge is 0.0609 e. The fourth-order valence-corrected chi connectivity index (χ4v) is 1.99. The van der Waals surface area contributed by atoms with Crippen molar-refractivity contribution in [2.75, 3.05) is 20.2 Å². The fourth-order valence-electron chi connectivity index (χ4n) is 1.99. The van der Waals surface area contributed by atoms with Gasteiger partial charge in [-0.2, -0.15) is 0 Å². The third-order valence-corrected chi connectivity index (χ3v) is 4.31. The van der Waals surface area contributed by atoms with Crippen LogP contribution in [0.2, 0.25) is 0 Å². The highest BCUT2D eigenvalue weighted by Gasteiger charge is 2.21. The minimum atomic E-state index is -0.145. The van der Waals surface area contributed by atoms with Crippen molar-refractivity contribution in [3.05, 3.63) is 34.4 Å². The van der Waals surface area contributed by atoms with E-state index < -0.39 is 0 Å². The normalized spacial score (nSPS) is 12.2. The standard InChI is InChI=1S/C16H27NO/c1-12-7-8-15(14(3)13(12)2)9-10-17(6)16(4,5)11-18/h7-8,18H,9-11H2,1-6H3. The van der Waals surface area contributed by atoms with Gasteiger partial charge in [-0.15, -0.1) is 0 Å². The maximum absolute atomic E-state index is 9.36. The van der Waals surface area contributed by atoms with Crippen LogP contribution in [-0.4, -0.2) is 35.7 Å². The Morgan fingerprint density at radius 1 is 1.11 bits per heavy atom. The monoisotopic (exact) mass is 249 g/mol. The molecule has 1 N–H and O–H groups in total. The Kier molecular flexibility index (Phi) is 4.94. The molecule has 0 atom stereocenters. The van der Waals surface area contributed by atoms with Gasteiger partial charge < -0.3 is 5.11 Å². The third-order valence-electron chi connectivity index (χ3n) is 4.31. The molecule has 0 heterocycles. The molecular formula is C16H27NO. The van der Waals surface area contributed by atoms with Crippen molar-refractivity contribution in [2.24, 2.45) is 0 Å². The van der Waals surface area contributed by atoms with Gasteiger partial charge in [-0.05, 0) is 70.3 Å². The van der Waals surface area contributed by atoms with Gasteiger partial charge in [-0.25, -0.2) is 0 Å². The van der Waals surface area contributed by atoms with Gasteiger partial charge in [-0.3, -0.25) is 4.90 Å². The van der Waals surface area contributed by atoms with Gasteiger partial charge in [0.2, 0.25) is 0 Å². The number of aliphatic hydroxyl groups excluding tert-OH is 1. The van der Waals surface area contributed by atoms with Crippen molar-refractivity contribution in [1.82, 2.24) is 4.90 Å². The summed E-state index contributed by atoms with van der Waals surface area (Å²) in [6.45, 7) is 11.9. The lowest BCUT2D eigenvalue weighted by molar-refractivity contribution is 0.0800. The molecule has 0 aliphatic rings. The molecule has 1 rings (SSSR count). The van der Waals surface area contributed by atoms with Gasteiger partial charge in [0, 0.05) is 12.1 Å². The number of aliphatic hydroxyl groups is 1. The maximum atomic E-state index is 9.36. The first-order chi connectivity index (χ1) is 8.29. The highest BCUT2D eigenvalue weighted by Crippen LogP contribution is 2.19. The van der Waals surface area contributed by atoms with E-state index in [1.165, 1.54) is 22.3 Å².